The summed E-state index contributed by atoms with van der Waals surface area (Å²) in [6.45, 7) is 5.70. The first-order chi connectivity index (χ1) is 11.0. The molecule has 2 amide bonds. The van der Waals surface area contributed by atoms with Gasteiger partial charge in [0, 0.05) is 45.3 Å². The monoisotopic (exact) mass is 339 g/mol. The van der Waals surface area contributed by atoms with Gasteiger partial charge in [-0.1, -0.05) is 0 Å². The fourth-order valence-electron chi connectivity index (χ4n) is 2.53. The standard InChI is InChI=1S/C15H25N5O2S/c1-12(14(22)17-15-16-5-10-23-15)20-7-4-6-19(8-9-20)11-13(21)18(2)3/h5,10,12H,4,6-9,11H2,1-3H3,(H,16,17,22). The van der Waals surface area contributed by atoms with Crippen molar-refractivity contribution in [2.75, 3.05) is 52.1 Å². The lowest BCUT2D eigenvalue weighted by atomic mass is 10.2. The Morgan fingerprint density at radius 2 is 2.13 bits per heavy atom. The molecular formula is C15H25N5O2S. The van der Waals surface area contributed by atoms with Crippen LogP contribution in [0, 0.1) is 0 Å². The summed E-state index contributed by atoms with van der Waals surface area (Å²) in [6.07, 6.45) is 2.63. The maximum Gasteiger partial charge on any atom is 0.243 e. The SMILES string of the molecule is CC(C(=O)Nc1nccs1)N1CCCN(CC(=O)N(C)C)CC1. The van der Waals surface area contributed by atoms with E-state index in [9.17, 15) is 9.59 Å². The van der Waals surface area contributed by atoms with Gasteiger partial charge in [0.25, 0.3) is 0 Å². The van der Waals surface area contributed by atoms with Gasteiger partial charge in [-0.3, -0.25) is 19.4 Å². The predicted molar refractivity (Wildman–Crippen MR) is 91.5 cm³/mol. The van der Waals surface area contributed by atoms with Gasteiger partial charge in [-0.05, 0) is 19.9 Å². The van der Waals surface area contributed by atoms with Crippen LogP contribution < -0.4 is 5.32 Å². The molecule has 1 atom stereocenters. The van der Waals surface area contributed by atoms with Crippen molar-refractivity contribution >= 4 is 28.3 Å². The highest BCUT2D eigenvalue weighted by molar-refractivity contribution is 7.13. The first-order valence-electron chi connectivity index (χ1n) is 7.84. The molecule has 2 heterocycles. The van der Waals surface area contributed by atoms with E-state index in [2.05, 4.69) is 20.1 Å². The first-order valence-corrected chi connectivity index (χ1v) is 8.72. The number of nitrogens with zero attached hydrogens (tertiary/aromatic N) is 4. The molecule has 1 unspecified atom stereocenters. The molecule has 0 aromatic carbocycles. The van der Waals surface area contributed by atoms with Crippen molar-refractivity contribution in [1.29, 1.82) is 0 Å². The maximum absolute atomic E-state index is 12.3. The minimum absolute atomic E-state index is 0.0298. The van der Waals surface area contributed by atoms with Crippen LogP contribution in [0.4, 0.5) is 5.13 Å². The summed E-state index contributed by atoms with van der Waals surface area (Å²) in [5, 5.41) is 5.32. The molecule has 1 saturated heterocycles. The van der Waals surface area contributed by atoms with E-state index in [0.717, 1.165) is 32.6 Å². The Bertz CT molecular complexity index is 520. The Morgan fingerprint density at radius 1 is 1.35 bits per heavy atom. The molecule has 1 aliphatic heterocycles. The predicted octanol–water partition coefficient (Wildman–Crippen LogP) is 0.566. The van der Waals surface area contributed by atoms with Gasteiger partial charge < -0.3 is 10.2 Å². The van der Waals surface area contributed by atoms with E-state index in [0.29, 0.717) is 11.7 Å². The third kappa shape index (κ3) is 5.26. The minimum atomic E-state index is -0.205. The summed E-state index contributed by atoms with van der Waals surface area (Å²) in [4.78, 5) is 34.2. The molecule has 7 nitrogen and oxygen atoms in total. The van der Waals surface area contributed by atoms with Crippen LogP contribution >= 0.6 is 11.3 Å². The number of nitrogens with one attached hydrogen (secondary N) is 1. The van der Waals surface area contributed by atoms with Crippen LogP contribution in [0.25, 0.3) is 0 Å². The number of anilines is 1. The summed E-state index contributed by atoms with van der Waals surface area (Å²) in [7, 11) is 3.55. The molecule has 1 aliphatic rings. The molecule has 1 N–H and O–H groups in total. The second kappa shape index (κ2) is 8.37. The topological polar surface area (TPSA) is 68.8 Å². The van der Waals surface area contributed by atoms with Crippen LogP contribution in [0.3, 0.4) is 0 Å². The van der Waals surface area contributed by atoms with E-state index < -0.39 is 0 Å². The zero-order valence-corrected chi connectivity index (χ0v) is 14.8. The van der Waals surface area contributed by atoms with E-state index in [1.807, 2.05) is 12.3 Å². The van der Waals surface area contributed by atoms with Gasteiger partial charge in [0.1, 0.15) is 0 Å². The molecule has 0 saturated carbocycles. The largest absolute Gasteiger partial charge is 0.348 e. The van der Waals surface area contributed by atoms with Gasteiger partial charge in [0.05, 0.1) is 12.6 Å². The summed E-state index contributed by atoms with van der Waals surface area (Å²) >= 11 is 1.42. The number of carbonyl (C=O) groups is 2. The van der Waals surface area contributed by atoms with E-state index in [1.54, 1.807) is 25.2 Å². The minimum Gasteiger partial charge on any atom is -0.348 e. The third-order valence-corrected chi connectivity index (χ3v) is 4.76. The second-order valence-electron chi connectivity index (χ2n) is 5.96. The van der Waals surface area contributed by atoms with Crippen LogP contribution in [0.15, 0.2) is 11.6 Å². The molecule has 1 aromatic rings. The Labute approximate surface area is 141 Å². The van der Waals surface area contributed by atoms with Gasteiger partial charge in [-0.2, -0.15) is 0 Å². The molecule has 23 heavy (non-hydrogen) atoms. The quantitative estimate of drug-likeness (QED) is 0.849. The Balaban J connectivity index is 1.84. The van der Waals surface area contributed by atoms with Crippen molar-refractivity contribution in [2.24, 2.45) is 0 Å². The number of amides is 2. The third-order valence-electron chi connectivity index (χ3n) is 4.07. The molecule has 0 aliphatic carbocycles. The molecule has 0 spiro atoms. The highest BCUT2D eigenvalue weighted by atomic mass is 32.1. The van der Waals surface area contributed by atoms with Crippen molar-refractivity contribution in [3.63, 3.8) is 0 Å². The van der Waals surface area contributed by atoms with E-state index in [-0.39, 0.29) is 17.9 Å². The summed E-state index contributed by atoms with van der Waals surface area (Å²) in [5.74, 6) is 0.0887. The highest BCUT2D eigenvalue weighted by Crippen LogP contribution is 2.13. The highest BCUT2D eigenvalue weighted by Gasteiger charge is 2.25. The molecule has 2 rings (SSSR count). The average molecular weight is 339 g/mol. The van der Waals surface area contributed by atoms with Crippen molar-refractivity contribution in [3.05, 3.63) is 11.6 Å². The normalized spacial score (nSPS) is 18.2. The average Bonchev–Trinajstić information content (AvgIpc) is 2.91. The lowest BCUT2D eigenvalue weighted by molar-refractivity contribution is -0.130. The number of thiazole rings is 1. The molecular weight excluding hydrogens is 314 g/mol. The molecule has 0 radical (unpaired) electrons. The summed E-state index contributed by atoms with van der Waals surface area (Å²) in [5.41, 5.74) is 0. The van der Waals surface area contributed by atoms with Gasteiger partial charge in [0.15, 0.2) is 5.13 Å². The van der Waals surface area contributed by atoms with Crippen LogP contribution in [-0.2, 0) is 9.59 Å². The molecule has 1 fully saturated rings. The van der Waals surface area contributed by atoms with E-state index in [1.165, 1.54) is 11.3 Å². The lowest BCUT2D eigenvalue weighted by Crippen LogP contribution is -2.44. The molecule has 1 aromatic heterocycles. The van der Waals surface area contributed by atoms with Crippen molar-refractivity contribution < 1.29 is 9.59 Å². The Hall–Kier alpha value is -1.51. The Kier molecular flexibility index (Phi) is 6.49. The zero-order valence-electron chi connectivity index (χ0n) is 14.0. The maximum atomic E-state index is 12.3. The molecule has 128 valence electrons. The number of aromatic nitrogens is 1. The summed E-state index contributed by atoms with van der Waals surface area (Å²) in [6, 6.07) is -0.205. The zero-order chi connectivity index (χ0) is 16.8. The number of hydrogen-bond donors (Lipinski definition) is 1. The number of likely N-dealkylation sites (N-methyl/N-ethyl adjacent to an activating group) is 1. The Morgan fingerprint density at radius 3 is 2.78 bits per heavy atom. The van der Waals surface area contributed by atoms with Crippen LogP contribution in [0.2, 0.25) is 0 Å². The van der Waals surface area contributed by atoms with Crippen LogP contribution in [0.1, 0.15) is 13.3 Å². The number of carbonyl (C=O) groups excluding carboxylic acids is 2. The fraction of sp³-hybridized carbons (Fsp3) is 0.667. The second-order valence-corrected chi connectivity index (χ2v) is 6.85. The lowest BCUT2D eigenvalue weighted by Gasteiger charge is -2.26. The van der Waals surface area contributed by atoms with Crippen molar-refractivity contribution in [3.8, 4) is 0 Å². The van der Waals surface area contributed by atoms with Gasteiger partial charge in [-0.15, -0.1) is 11.3 Å². The molecule has 8 heteroatoms. The van der Waals surface area contributed by atoms with Gasteiger partial charge in [0.2, 0.25) is 11.8 Å². The summed E-state index contributed by atoms with van der Waals surface area (Å²) < 4.78 is 0. The van der Waals surface area contributed by atoms with Crippen LogP contribution in [0.5, 0.6) is 0 Å². The molecule has 0 bridgehead atoms. The van der Waals surface area contributed by atoms with E-state index in [4.69, 9.17) is 0 Å². The first kappa shape index (κ1) is 17.8. The van der Waals surface area contributed by atoms with Crippen LogP contribution in [-0.4, -0.2) is 84.4 Å². The van der Waals surface area contributed by atoms with E-state index >= 15 is 0 Å². The van der Waals surface area contributed by atoms with Gasteiger partial charge in [-0.25, -0.2) is 4.98 Å². The van der Waals surface area contributed by atoms with Crippen molar-refractivity contribution in [2.45, 2.75) is 19.4 Å². The fourth-order valence-corrected chi connectivity index (χ4v) is 3.06. The smallest absolute Gasteiger partial charge is 0.243 e. The number of hydrogen-bond acceptors (Lipinski definition) is 6. The van der Waals surface area contributed by atoms with Crippen molar-refractivity contribution in [1.82, 2.24) is 19.7 Å². The number of rotatable bonds is 5. The van der Waals surface area contributed by atoms with Gasteiger partial charge >= 0.3 is 0 Å².